The monoisotopic (exact) mass is 454 g/mol. The normalized spacial score (nSPS) is 10.6. The van der Waals surface area contributed by atoms with Crippen LogP contribution in [0.4, 0.5) is 0 Å². The third-order valence-corrected chi connectivity index (χ3v) is 5.01. The zero-order valence-corrected chi connectivity index (χ0v) is 14.3. The van der Waals surface area contributed by atoms with Gasteiger partial charge < -0.3 is 0 Å². The van der Waals surface area contributed by atoms with E-state index >= 15 is 0 Å². The molecule has 0 bridgehead atoms. The van der Waals surface area contributed by atoms with Crippen LogP contribution < -0.4 is 5.56 Å². The van der Waals surface area contributed by atoms with Gasteiger partial charge in [0.15, 0.2) is 5.78 Å². The molecule has 8 heteroatoms. The fraction of sp³-hybridized carbons (Fsp3) is 0.100. The molecule has 4 nitrogen and oxygen atoms in total. The number of hydrogen-bond donors (Lipinski definition) is 0. The van der Waals surface area contributed by atoms with E-state index in [0.717, 1.165) is 7.57 Å². The summed E-state index contributed by atoms with van der Waals surface area (Å²) < 4.78 is 3.21. The number of thiophene rings is 1. The maximum absolute atomic E-state index is 12.1. The lowest BCUT2D eigenvalue weighted by Crippen LogP contribution is -2.24. The molecule has 0 spiro atoms. The van der Waals surface area contributed by atoms with E-state index in [2.05, 4.69) is 52.8 Å². The Hall–Kier alpha value is -0.310. The van der Waals surface area contributed by atoms with Crippen LogP contribution in [0.3, 0.4) is 0 Å². The highest BCUT2D eigenvalue weighted by Crippen LogP contribution is 2.32. The zero-order chi connectivity index (χ0) is 13.3. The molecule has 0 unspecified atom stereocenters. The summed E-state index contributed by atoms with van der Waals surface area (Å²) in [4.78, 5) is 27.7. The molecule has 2 heterocycles. The Kier molecular flexibility index (Phi) is 4.52. The van der Waals surface area contributed by atoms with E-state index in [1.54, 1.807) is 6.07 Å². The molecule has 0 atom stereocenters. The van der Waals surface area contributed by atoms with Gasteiger partial charge in [-0.25, -0.2) is 4.98 Å². The molecule has 0 saturated carbocycles. The van der Waals surface area contributed by atoms with Gasteiger partial charge in [-0.05, 0) is 53.9 Å². The Balaban J connectivity index is 2.30. The average molecular weight is 457 g/mol. The van der Waals surface area contributed by atoms with E-state index in [1.807, 2.05) is 0 Å². The van der Waals surface area contributed by atoms with Crippen LogP contribution in [0.5, 0.6) is 0 Å². The number of carbonyl (C=O) groups excluding carboxylic acids is 1. The van der Waals surface area contributed by atoms with Crippen LogP contribution in [0.15, 0.2) is 35.4 Å². The molecule has 0 saturated heterocycles. The smallest absolute Gasteiger partial charge is 0.268 e. The van der Waals surface area contributed by atoms with Crippen molar-refractivity contribution >= 4 is 64.9 Å². The van der Waals surface area contributed by atoms with Crippen LogP contribution in [0, 0.1) is 0 Å². The Morgan fingerprint density at radius 2 is 2.11 bits per heavy atom. The summed E-state index contributed by atoms with van der Waals surface area (Å²) in [6.45, 7) is -0.0347. The first-order chi connectivity index (χ1) is 8.49. The van der Waals surface area contributed by atoms with Crippen molar-refractivity contribution in [3.63, 3.8) is 0 Å². The first kappa shape index (κ1) is 14.1. The summed E-state index contributed by atoms with van der Waals surface area (Å²) >= 11 is 11.1. The Labute approximate surface area is 131 Å². The van der Waals surface area contributed by atoms with Gasteiger partial charge in [0.1, 0.15) is 4.47 Å². The van der Waals surface area contributed by atoms with Crippen LogP contribution in [0.1, 0.15) is 10.4 Å². The van der Waals surface area contributed by atoms with E-state index in [-0.39, 0.29) is 17.9 Å². The second kappa shape index (κ2) is 5.77. The average Bonchev–Trinajstić information content (AvgIpc) is 2.64. The van der Waals surface area contributed by atoms with Gasteiger partial charge in [0.25, 0.3) is 5.56 Å². The van der Waals surface area contributed by atoms with Gasteiger partial charge in [-0.15, -0.1) is 11.3 Å². The van der Waals surface area contributed by atoms with E-state index < -0.39 is 0 Å². The second-order valence-electron chi connectivity index (χ2n) is 3.34. The predicted molar refractivity (Wildman–Crippen MR) is 80.2 cm³/mol. The van der Waals surface area contributed by atoms with Crippen molar-refractivity contribution in [2.75, 3.05) is 0 Å². The molecule has 2 aromatic heterocycles. The van der Waals surface area contributed by atoms with Crippen molar-refractivity contribution < 1.29 is 4.79 Å². The number of nitrogens with zero attached hydrogens (tertiary/aromatic N) is 2. The highest BCUT2D eigenvalue weighted by molar-refractivity contribution is 9.12. The quantitative estimate of drug-likeness (QED) is 0.664. The van der Waals surface area contributed by atoms with Crippen LogP contribution in [-0.4, -0.2) is 15.3 Å². The minimum atomic E-state index is -0.274. The minimum absolute atomic E-state index is 0.0347. The fourth-order valence-corrected chi connectivity index (χ4v) is 4.51. The summed E-state index contributed by atoms with van der Waals surface area (Å²) in [6.07, 6.45) is 2.75. The minimum Gasteiger partial charge on any atom is -0.292 e. The Bertz CT molecular complexity index is 665. The molecule has 0 aliphatic rings. The molecule has 94 valence electrons. The number of carbonyl (C=O) groups is 1. The molecule has 2 rings (SSSR count). The van der Waals surface area contributed by atoms with Crippen molar-refractivity contribution in [3.8, 4) is 0 Å². The van der Waals surface area contributed by atoms with Crippen LogP contribution in [0.2, 0.25) is 0 Å². The summed E-state index contributed by atoms with van der Waals surface area (Å²) in [6, 6.07) is 1.73. The van der Waals surface area contributed by atoms with Gasteiger partial charge in [-0.2, -0.15) is 0 Å². The van der Waals surface area contributed by atoms with Crippen molar-refractivity contribution in [2.24, 2.45) is 0 Å². The van der Waals surface area contributed by atoms with Crippen LogP contribution in [0.25, 0.3) is 0 Å². The number of aromatic nitrogens is 2. The predicted octanol–water partition coefficient (Wildman–Crippen LogP) is 3.48. The first-order valence-corrected chi connectivity index (χ1v) is 7.86. The highest BCUT2D eigenvalue weighted by atomic mass is 79.9. The summed E-state index contributed by atoms with van der Waals surface area (Å²) in [7, 11) is 0. The summed E-state index contributed by atoms with van der Waals surface area (Å²) in [5.74, 6) is -0.147. The molecular formula is C10H5Br3N2O2S. The number of hydrogen-bond acceptors (Lipinski definition) is 4. The molecule has 2 aromatic rings. The van der Waals surface area contributed by atoms with Crippen LogP contribution >= 0.6 is 59.1 Å². The second-order valence-corrected chi connectivity index (χ2v) is 7.94. The number of ketones is 1. The Morgan fingerprint density at radius 1 is 1.39 bits per heavy atom. The molecule has 0 aromatic carbocycles. The molecule has 18 heavy (non-hydrogen) atoms. The molecule has 0 radical (unpaired) electrons. The first-order valence-electron chi connectivity index (χ1n) is 4.67. The fourth-order valence-electron chi connectivity index (χ4n) is 1.31. The molecule has 0 aliphatic carbocycles. The maximum atomic E-state index is 12.1. The highest BCUT2D eigenvalue weighted by Gasteiger charge is 2.15. The number of Topliss-reactive ketones (excluding diaryl/α,β-unsaturated/α-hetero) is 1. The lowest BCUT2D eigenvalue weighted by molar-refractivity contribution is 0.0970. The van der Waals surface area contributed by atoms with Gasteiger partial charge in [-0.1, -0.05) is 0 Å². The largest absolute Gasteiger partial charge is 0.292 e. The summed E-state index contributed by atoms with van der Waals surface area (Å²) in [5.41, 5.74) is 0.280. The van der Waals surface area contributed by atoms with Gasteiger partial charge in [0.2, 0.25) is 0 Å². The molecule has 0 N–H and O–H groups in total. The Morgan fingerprint density at radius 3 is 2.72 bits per heavy atom. The standard InChI is InChI=1S/C10H5Br3N2O2S/c11-6-2-14-4-15(10(6)17)3-7(16)5-1-8(12)18-9(5)13/h1-2,4H,3H2. The molecule has 0 fully saturated rings. The van der Waals surface area contributed by atoms with Crippen LogP contribution in [-0.2, 0) is 6.54 Å². The summed E-state index contributed by atoms with van der Waals surface area (Å²) in [5, 5.41) is 0. The van der Waals surface area contributed by atoms with Gasteiger partial charge >= 0.3 is 0 Å². The molecular weight excluding hydrogens is 452 g/mol. The topological polar surface area (TPSA) is 52.0 Å². The van der Waals surface area contributed by atoms with E-state index in [4.69, 9.17) is 0 Å². The molecule has 0 amide bonds. The van der Waals surface area contributed by atoms with Crippen molar-refractivity contribution in [1.29, 1.82) is 0 Å². The van der Waals surface area contributed by atoms with E-state index in [1.165, 1.54) is 28.4 Å². The van der Waals surface area contributed by atoms with Crippen molar-refractivity contribution in [2.45, 2.75) is 6.54 Å². The maximum Gasteiger partial charge on any atom is 0.268 e. The van der Waals surface area contributed by atoms with E-state index in [9.17, 15) is 9.59 Å². The number of rotatable bonds is 3. The zero-order valence-electron chi connectivity index (χ0n) is 8.69. The van der Waals surface area contributed by atoms with Gasteiger partial charge in [0.05, 0.1) is 20.4 Å². The van der Waals surface area contributed by atoms with E-state index in [0.29, 0.717) is 10.0 Å². The lowest BCUT2D eigenvalue weighted by atomic mass is 10.2. The SMILES string of the molecule is O=C(Cn1cncc(Br)c1=O)c1cc(Br)sc1Br. The third-order valence-electron chi connectivity index (χ3n) is 2.13. The molecule has 0 aliphatic heterocycles. The number of halogens is 3. The van der Waals surface area contributed by atoms with Crippen molar-refractivity contribution in [3.05, 3.63) is 46.6 Å². The van der Waals surface area contributed by atoms with Crippen molar-refractivity contribution in [1.82, 2.24) is 9.55 Å². The third kappa shape index (κ3) is 2.98. The lowest BCUT2D eigenvalue weighted by Gasteiger charge is -2.03. The van der Waals surface area contributed by atoms with Gasteiger partial charge in [-0.3, -0.25) is 14.2 Å². The van der Waals surface area contributed by atoms with Gasteiger partial charge in [0, 0.05) is 11.8 Å².